The quantitative estimate of drug-likeness (QED) is 0.312. The molecule has 0 saturated carbocycles. The van der Waals surface area contributed by atoms with Crippen molar-refractivity contribution in [1.82, 2.24) is 0 Å². The normalized spacial score (nSPS) is 12.3. The van der Waals surface area contributed by atoms with Gasteiger partial charge in [-0.25, -0.2) is 0 Å². The molecule has 0 aliphatic carbocycles. The summed E-state index contributed by atoms with van der Waals surface area (Å²) < 4.78 is 5.30. The highest BCUT2D eigenvalue weighted by molar-refractivity contribution is 9.09. The van der Waals surface area contributed by atoms with Gasteiger partial charge in [-0.1, -0.05) is 79.9 Å². The first-order valence-electron chi connectivity index (χ1n) is 8.49. The van der Waals surface area contributed by atoms with E-state index in [1.807, 2.05) is 6.07 Å². The SMILES string of the molecule is CCCCCCCCCC(CBr)Cc1cccc(OC)c1. The zero-order valence-electron chi connectivity index (χ0n) is 13.7. The van der Waals surface area contributed by atoms with Gasteiger partial charge in [0.2, 0.25) is 0 Å². The van der Waals surface area contributed by atoms with Crippen LogP contribution in [-0.2, 0) is 6.42 Å². The molecule has 1 unspecified atom stereocenters. The number of rotatable bonds is 12. The summed E-state index contributed by atoms with van der Waals surface area (Å²) in [7, 11) is 1.74. The fourth-order valence-corrected chi connectivity index (χ4v) is 3.31. The molecule has 0 heterocycles. The number of benzene rings is 1. The van der Waals surface area contributed by atoms with Gasteiger partial charge in [-0.05, 0) is 36.5 Å². The van der Waals surface area contributed by atoms with Crippen molar-refractivity contribution in [3.8, 4) is 5.75 Å². The van der Waals surface area contributed by atoms with Crippen LogP contribution < -0.4 is 4.74 Å². The minimum absolute atomic E-state index is 0.743. The Hall–Kier alpha value is -0.500. The zero-order valence-corrected chi connectivity index (χ0v) is 15.3. The van der Waals surface area contributed by atoms with Crippen molar-refractivity contribution < 1.29 is 4.74 Å². The summed E-state index contributed by atoms with van der Waals surface area (Å²) in [5, 5.41) is 1.10. The average molecular weight is 355 g/mol. The van der Waals surface area contributed by atoms with E-state index in [1.165, 1.54) is 56.9 Å². The summed E-state index contributed by atoms with van der Waals surface area (Å²) in [5.74, 6) is 1.71. The van der Waals surface area contributed by atoms with Gasteiger partial charge in [-0.3, -0.25) is 0 Å². The third-order valence-electron chi connectivity index (χ3n) is 4.09. The van der Waals surface area contributed by atoms with Crippen molar-refractivity contribution in [1.29, 1.82) is 0 Å². The number of hydrogen-bond acceptors (Lipinski definition) is 1. The van der Waals surface area contributed by atoms with E-state index < -0.39 is 0 Å². The molecule has 2 heteroatoms. The molecule has 0 saturated heterocycles. The van der Waals surface area contributed by atoms with Gasteiger partial charge in [0.1, 0.15) is 5.75 Å². The zero-order chi connectivity index (χ0) is 15.3. The van der Waals surface area contributed by atoms with E-state index in [9.17, 15) is 0 Å². The lowest BCUT2D eigenvalue weighted by atomic mass is 9.95. The number of unbranched alkanes of at least 4 members (excludes halogenated alkanes) is 6. The minimum Gasteiger partial charge on any atom is -0.497 e. The Morgan fingerprint density at radius 2 is 1.76 bits per heavy atom. The fraction of sp³-hybridized carbons (Fsp3) is 0.684. The number of methoxy groups -OCH3 is 1. The first kappa shape index (κ1) is 18.5. The number of ether oxygens (including phenoxy) is 1. The maximum Gasteiger partial charge on any atom is 0.119 e. The molecule has 0 aromatic heterocycles. The topological polar surface area (TPSA) is 9.23 Å². The summed E-state index contributed by atoms with van der Waals surface area (Å²) in [5.41, 5.74) is 1.39. The largest absolute Gasteiger partial charge is 0.497 e. The molecule has 0 aliphatic rings. The molecule has 1 aromatic rings. The van der Waals surface area contributed by atoms with Gasteiger partial charge >= 0.3 is 0 Å². The molecule has 21 heavy (non-hydrogen) atoms. The second kappa shape index (κ2) is 12.1. The van der Waals surface area contributed by atoms with Crippen LogP contribution in [0.1, 0.15) is 63.9 Å². The highest BCUT2D eigenvalue weighted by atomic mass is 79.9. The highest BCUT2D eigenvalue weighted by Crippen LogP contribution is 2.21. The van der Waals surface area contributed by atoms with Gasteiger partial charge in [0, 0.05) is 5.33 Å². The van der Waals surface area contributed by atoms with Crippen LogP contribution in [-0.4, -0.2) is 12.4 Å². The monoisotopic (exact) mass is 354 g/mol. The van der Waals surface area contributed by atoms with Crippen molar-refractivity contribution in [3.05, 3.63) is 29.8 Å². The van der Waals surface area contributed by atoms with Crippen molar-refractivity contribution >= 4 is 15.9 Å². The molecule has 0 radical (unpaired) electrons. The molecule has 0 spiro atoms. The molecular weight excluding hydrogens is 324 g/mol. The molecule has 0 bridgehead atoms. The molecule has 120 valence electrons. The van der Waals surface area contributed by atoms with Crippen LogP contribution >= 0.6 is 15.9 Å². The lowest BCUT2D eigenvalue weighted by Crippen LogP contribution is -2.06. The van der Waals surface area contributed by atoms with Gasteiger partial charge in [-0.2, -0.15) is 0 Å². The lowest BCUT2D eigenvalue weighted by Gasteiger charge is -2.14. The molecule has 0 N–H and O–H groups in total. The van der Waals surface area contributed by atoms with Crippen molar-refractivity contribution in [3.63, 3.8) is 0 Å². The Morgan fingerprint density at radius 1 is 1.05 bits per heavy atom. The minimum atomic E-state index is 0.743. The summed E-state index contributed by atoms with van der Waals surface area (Å²) >= 11 is 3.68. The summed E-state index contributed by atoms with van der Waals surface area (Å²) in [4.78, 5) is 0. The smallest absolute Gasteiger partial charge is 0.119 e. The number of alkyl halides is 1. The Labute approximate surface area is 139 Å². The van der Waals surface area contributed by atoms with E-state index in [0.29, 0.717) is 0 Å². The first-order chi connectivity index (χ1) is 10.3. The summed E-state index contributed by atoms with van der Waals surface area (Å²) in [6.45, 7) is 2.28. The summed E-state index contributed by atoms with van der Waals surface area (Å²) in [6, 6.07) is 8.49. The van der Waals surface area contributed by atoms with Gasteiger partial charge in [0.25, 0.3) is 0 Å². The van der Waals surface area contributed by atoms with Crippen molar-refractivity contribution in [2.75, 3.05) is 12.4 Å². The van der Waals surface area contributed by atoms with Crippen LogP contribution in [0.2, 0.25) is 0 Å². The Balaban J connectivity index is 2.22. The van der Waals surface area contributed by atoms with E-state index in [2.05, 4.69) is 41.1 Å². The van der Waals surface area contributed by atoms with Gasteiger partial charge < -0.3 is 4.74 Å². The van der Waals surface area contributed by atoms with E-state index in [-0.39, 0.29) is 0 Å². The van der Waals surface area contributed by atoms with Crippen molar-refractivity contribution in [2.24, 2.45) is 5.92 Å². The predicted molar refractivity (Wildman–Crippen MR) is 96.6 cm³/mol. The third kappa shape index (κ3) is 8.50. The highest BCUT2D eigenvalue weighted by Gasteiger charge is 2.08. The van der Waals surface area contributed by atoms with E-state index in [0.717, 1.165) is 23.4 Å². The summed E-state index contributed by atoms with van der Waals surface area (Å²) in [6.07, 6.45) is 12.2. The Bertz CT molecular complexity index is 364. The lowest BCUT2D eigenvalue weighted by molar-refractivity contribution is 0.413. The number of hydrogen-bond donors (Lipinski definition) is 0. The maximum atomic E-state index is 5.30. The molecule has 0 aliphatic heterocycles. The standard InChI is InChI=1S/C19H31BrO/c1-3-4-5-6-7-8-9-11-18(16-20)14-17-12-10-13-19(15-17)21-2/h10,12-13,15,18H,3-9,11,14,16H2,1-2H3. The molecular formula is C19H31BrO. The van der Waals surface area contributed by atoms with E-state index in [1.54, 1.807) is 7.11 Å². The predicted octanol–water partition coefficient (Wildman–Crippen LogP) is 6.39. The Kier molecular flexibility index (Phi) is 10.7. The fourth-order valence-electron chi connectivity index (χ4n) is 2.76. The van der Waals surface area contributed by atoms with Crippen LogP contribution in [0.15, 0.2) is 24.3 Å². The van der Waals surface area contributed by atoms with Gasteiger partial charge in [-0.15, -0.1) is 0 Å². The van der Waals surface area contributed by atoms with Crippen molar-refractivity contribution in [2.45, 2.75) is 64.7 Å². The van der Waals surface area contributed by atoms with E-state index in [4.69, 9.17) is 4.74 Å². The molecule has 0 fully saturated rings. The van der Waals surface area contributed by atoms with Crippen LogP contribution in [0.3, 0.4) is 0 Å². The second-order valence-corrected chi connectivity index (χ2v) is 6.63. The maximum absolute atomic E-state index is 5.30. The van der Waals surface area contributed by atoms with Crippen LogP contribution in [0.5, 0.6) is 5.75 Å². The molecule has 1 rings (SSSR count). The average Bonchev–Trinajstić information content (AvgIpc) is 2.53. The number of halogens is 1. The Morgan fingerprint density at radius 3 is 2.43 bits per heavy atom. The van der Waals surface area contributed by atoms with Crippen LogP contribution in [0.4, 0.5) is 0 Å². The molecule has 0 amide bonds. The molecule has 1 atom stereocenters. The van der Waals surface area contributed by atoms with Gasteiger partial charge in [0.15, 0.2) is 0 Å². The molecule has 1 aromatic carbocycles. The van der Waals surface area contributed by atoms with Crippen LogP contribution in [0, 0.1) is 5.92 Å². The van der Waals surface area contributed by atoms with Crippen LogP contribution in [0.25, 0.3) is 0 Å². The van der Waals surface area contributed by atoms with E-state index >= 15 is 0 Å². The second-order valence-electron chi connectivity index (χ2n) is 5.99. The molecule has 1 nitrogen and oxygen atoms in total. The van der Waals surface area contributed by atoms with Gasteiger partial charge in [0.05, 0.1) is 7.11 Å². The first-order valence-corrected chi connectivity index (χ1v) is 9.61. The third-order valence-corrected chi connectivity index (χ3v) is 5.01.